The highest BCUT2D eigenvalue weighted by molar-refractivity contribution is 5.83. The van der Waals surface area contributed by atoms with Crippen LogP contribution in [0, 0.1) is 11.2 Å². The number of carbonyl (C=O) groups excluding carboxylic acids is 1. The maximum absolute atomic E-state index is 13.3. The molecule has 0 aromatic heterocycles. The van der Waals surface area contributed by atoms with E-state index in [9.17, 15) is 9.18 Å². The van der Waals surface area contributed by atoms with E-state index >= 15 is 0 Å². The molecule has 1 amide bonds. The number of benzene rings is 1. The smallest absolute Gasteiger partial charge is 0.230 e. The molecule has 0 aliphatic carbocycles. The molecule has 3 nitrogen and oxygen atoms in total. The lowest BCUT2D eigenvalue weighted by atomic mass is 9.81. The Morgan fingerprint density at radius 2 is 2.24 bits per heavy atom. The van der Waals surface area contributed by atoms with Crippen LogP contribution in [0.4, 0.5) is 4.39 Å². The lowest BCUT2D eigenvalue weighted by Gasteiger charge is -2.33. The molecule has 4 heteroatoms. The predicted octanol–water partition coefficient (Wildman–Crippen LogP) is 2.95. The van der Waals surface area contributed by atoms with Gasteiger partial charge in [-0.2, -0.15) is 0 Å². The van der Waals surface area contributed by atoms with Gasteiger partial charge in [0.2, 0.25) is 5.91 Å². The molecule has 1 aliphatic rings. The molecule has 1 unspecified atom stereocenters. The molecule has 1 heterocycles. The van der Waals surface area contributed by atoms with E-state index < -0.39 is 0 Å². The predicted molar refractivity (Wildman–Crippen MR) is 82.3 cm³/mol. The molecule has 1 atom stereocenters. The van der Waals surface area contributed by atoms with E-state index in [1.54, 1.807) is 6.07 Å². The molecule has 1 aromatic carbocycles. The lowest BCUT2D eigenvalue weighted by molar-refractivity contribution is -0.142. The third-order valence-corrected chi connectivity index (χ3v) is 4.36. The van der Waals surface area contributed by atoms with Crippen molar-refractivity contribution in [2.75, 3.05) is 19.6 Å². The van der Waals surface area contributed by atoms with E-state index in [4.69, 9.17) is 0 Å². The molecule has 1 aliphatic heterocycles. The van der Waals surface area contributed by atoms with Gasteiger partial charge in [0.05, 0.1) is 5.41 Å². The van der Waals surface area contributed by atoms with Crippen LogP contribution < -0.4 is 5.32 Å². The van der Waals surface area contributed by atoms with Gasteiger partial charge in [-0.25, -0.2) is 4.39 Å². The summed E-state index contributed by atoms with van der Waals surface area (Å²) in [6.07, 6.45) is 2.82. The van der Waals surface area contributed by atoms with Crippen LogP contribution in [0.5, 0.6) is 0 Å². The Morgan fingerprint density at radius 3 is 2.81 bits per heavy atom. The van der Waals surface area contributed by atoms with Crippen molar-refractivity contribution < 1.29 is 9.18 Å². The summed E-state index contributed by atoms with van der Waals surface area (Å²) < 4.78 is 13.3. The van der Waals surface area contributed by atoms with Crippen molar-refractivity contribution in [2.45, 2.75) is 39.7 Å². The third kappa shape index (κ3) is 3.62. The number of hydrogen-bond donors (Lipinski definition) is 1. The van der Waals surface area contributed by atoms with E-state index in [0.717, 1.165) is 37.9 Å². The molecule has 1 fully saturated rings. The molecule has 1 aromatic rings. The zero-order valence-corrected chi connectivity index (χ0v) is 13.0. The van der Waals surface area contributed by atoms with Crippen LogP contribution in [0.3, 0.4) is 0 Å². The molecule has 0 spiro atoms. The Labute approximate surface area is 126 Å². The zero-order chi connectivity index (χ0) is 15.3. The van der Waals surface area contributed by atoms with Gasteiger partial charge in [-0.15, -0.1) is 0 Å². The molecular formula is C17H25FN2O. The van der Waals surface area contributed by atoms with Gasteiger partial charge < -0.3 is 10.2 Å². The van der Waals surface area contributed by atoms with E-state index in [1.165, 1.54) is 12.1 Å². The zero-order valence-electron chi connectivity index (χ0n) is 13.0. The van der Waals surface area contributed by atoms with Crippen LogP contribution in [-0.4, -0.2) is 30.4 Å². The van der Waals surface area contributed by atoms with Gasteiger partial charge in [0.15, 0.2) is 0 Å². The minimum absolute atomic E-state index is 0.209. The Kier molecular flexibility index (Phi) is 5.34. The molecule has 2 rings (SSSR count). The Balaban J connectivity index is 2.14. The van der Waals surface area contributed by atoms with Gasteiger partial charge in [-0.1, -0.05) is 25.5 Å². The maximum Gasteiger partial charge on any atom is 0.230 e. The first kappa shape index (κ1) is 16.0. The Bertz CT molecular complexity index is 483. The minimum Gasteiger partial charge on any atom is -0.338 e. The summed E-state index contributed by atoms with van der Waals surface area (Å²) in [5.74, 6) is -0.0390. The summed E-state index contributed by atoms with van der Waals surface area (Å²) in [4.78, 5) is 14.8. The fourth-order valence-electron chi connectivity index (χ4n) is 3.24. The number of carbonyl (C=O) groups is 1. The van der Waals surface area contributed by atoms with E-state index in [-0.39, 0.29) is 17.1 Å². The summed E-state index contributed by atoms with van der Waals surface area (Å²) in [5, 5.41) is 3.32. The van der Waals surface area contributed by atoms with Gasteiger partial charge in [-0.05, 0) is 44.0 Å². The van der Waals surface area contributed by atoms with Crippen molar-refractivity contribution in [1.29, 1.82) is 0 Å². The monoisotopic (exact) mass is 292 g/mol. The molecule has 1 N–H and O–H groups in total. The molecular weight excluding hydrogens is 267 g/mol. The van der Waals surface area contributed by atoms with Gasteiger partial charge in [-0.3, -0.25) is 4.79 Å². The quantitative estimate of drug-likeness (QED) is 0.874. The number of nitrogens with one attached hydrogen (secondary N) is 1. The van der Waals surface area contributed by atoms with Crippen molar-refractivity contribution in [2.24, 2.45) is 5.41 Å². The number of nitrogens with zero attached hydrogens (tertiary/aromatic N) is 1. The average molecular weight is 292 g/mol. The first-order valence-corrected chi connectivity index (χ1v) is 7.86. The summed E-state index contributed by atoms with van der Waals surface area (Å²) in [6.45, 7) is 6.91. The molecule has 0 saturated carbocycles. The molecule has 0 radical (unpaired) electrons. The van der Waals surface area contributed by atoms with Gasteiger partial charge >= 0.3 is 0 Å². The van der Waals surface area contributed by atoms with Crippen LogP contribution >= 0.6 is 0 Å². The molecule has 116 valence electrons. The number of rotatable bonds is 6. The highest BCUT2D eigenvalue weighted by Gasteiger charge is 2.42. The lowest BCUT2D eigenvalue weighted by Crippen LogP contribution is -2.45. The normalized spacial score (nSPS) is 21.5. The third-order valence-electron chi connectivity index (χ3n) is 4.36. The van der Waals surface area contributed by atoms with Gasteiger partial charge in [0, 0.05) is 19.6 Å². The van der Waals surface area contributed by atoms with Crippen LogP contribution in [-0.2, 0) is 11.3 Å². The second kappa shape index (κ2) is 7.03. The number of amides is 1. The molecule has 21 heavy (non-hydrogen) atoms. The standard InChI is InChI=1S/C17H25FN2O/c1-3-8-17(9-10-19-13-17)16(21)20(4-2)12-14-6-5-7-15(18)11-14/h5-7,11,19H,3-4,8-10,12-13H2,1-2H3. The Hall–Kier alpha value is -1.42. The van der Waals surface area contributed by atoms with Crippen molar-refractivity contribution >= 4 is 5.91 Å². The van der Waals surface area contributed by atoms with Crippen molar-refractivity contribution in [3.8, 4) is 0 Å². The van der Waals surface area contributed by atoms with Crippen LogP contribution in [0.2, 0.25) is 0 Å². The van der Waals surface area contributed by atoms with Crippen molar-refractivity contribution in [3.63, 3.8) is 0 Å². The summed E-state index contributed by atoms with van der Waals surface area (Å²) in [6, 6.07) is 6.51. The van der Waals surface area contributed by atoms with Crippen molar-refractivity contribution in [1.82, 2.24) is 10.2 Å². The van der Waals surface area contributed by atoms with Crippen LogP contribution in [0.15, 0.2) is 24.3 Å². The van der Waals surface area contributed by atoms with Crippen LogP contribution in [0.25, 0.3) is 0 Å². The second-order valence-corrected chi connectivity index (χ2v) is 5.91. The summed E-state index contributed by atoms with van der Waals surface area (Å²) >= 11 is 0. The average Bonchev–Trinajstić information content (AvgIpc) is 2.94. The van der Waals surface area contributed by atoms with Gasteiger partial charge in [0.25, 0.3) is 0 Å². The number of hydrogen-bond acceptors (Lipinski definition) is 2. The minimum atomic E-state index is -0.266. The highest BCUT2D eigenvalue weighted by Crippen LogP contribution is 2.33. The van der Waals surface area contributed by atoms with Crippen molar-refractivity contribution in [3.05, 3.63) is 35.6 Å². The second-order valence-electron chi connectivity index (χ2n) is 5.91. The fraction of sp³-hybridized carbons (Fsp3) is 0.588. The highest BCUT2D eigenvalue weighted by atomic mass is 19.1. The van der Waals surface area contributed by atoms with Gasteiger partial charge in [0.1, 0.15) is 5.82 Å². The maximum atomic E-state index is 13.3. The van der Waals surface area contributed by atoms with E-state index in [1.807, 2.05) is 17.9 Å². The molecule has 0 bridgehead atoms. The SMILES string of the molecule is CCCC1(C(=O)N(CC)Cc2cccc(F)c2)CCNC1. The van der Waals surface area contributed by atoms with E-state index in [0.29, 0.717) is 13.1 Å². The largest absolute Gasteiger partial charge is 0.338 e. The molecule has 1 saturated heterocycles. The topological polar surface area (TPSA) is 32.3 Å². The summed E-state index contributed by atoms with van der Waals surface area (Å²) in [7, 11) is 0. The number of halogens is 1. The summed E-state index contributed by atoms with van der Waals surface area (Å²) in [5.41, 5.74) is 0.584. The Morgan fingerprint density at radius 1 is 1.43 bits per heavy atom. The van der Waals surface area contributed by atoms with Crippen LogP contribution in [0.1, 0.15) is 38.7 Å². The first-order valence-electron chi connectivity index (χ1n) is 7.86. The first-order chi connectivity index (χ1) is 10.1. The fourth-order valence-corrected chi connectivity index (χ4v) is 3.24. The van der Waals surface area contributed by atoms with E-state index in [2.05, 4.69) is 12.2 Å².